The average Bonchev–Trinajstić information content (AvgIpc) is 2.32. The van der Waals surface area contributed by atoms with Crippen LogP contribution in [0.3, 0.4) is 0 Å². The Kier molecular flexibility index (Phi) is 3.05. The summed E-state index contributed by atoms with van der Waals surface area (Å²) in [7, 11) is 0. The Balaban J connectivity index is 2.30. The lowest BCUT2D eigenvalue weighted by molar-refractivity contribution is 0.260. The molecule has 0 radical (unpaired) electrons. The molecule has 0 aromatic carbocycles. The van der Waals surface area contributed by atoms with Gasteiger partial charge in [-0.2, -0.15) is 0 Å². The van der Waals surface area contributed by atoms with Gasteiger partial charge in [0.05, 0.1) is 0 Å². The van der Waals surface area contributed by atoms with Gasteiger partial charge in [0.2, 0.25) is 0 Å². The normalized spacial score (nSPS) is 28.4. The molecule has 4 nitrogen and oxygen atoms in total. The molecule has 0 bridgehead atoms. The smallest absolute Gasteiger partial charge is 0.180 e. The molecule has 0 aromatic heterocycles. The maximum Gasteiger partial charge on any atom is 0.180 e. The lowest BCUT2D eigenvalue weighted by Gasteiger charge is -2.18. The van der Waals surface area contributed by atoms with Gasteiger partial charge in [-0.05, 0) is 6.92 Å². The molecule has 4 heteroatoms. The summed E-state index contributed by atoms with van der Waals surface area (Å²) in [4.78, 5) is 4.38. The van der Waals surface area contributed by atoms with Gasteiger partial charge in [-0.3, -0.25) is 0 Å². The molecular weight excluding hydrogens is 154 g/mol. The van der Waals surface area contributed by atoms with E-state index in [0.717, 1.165) is 19.0 Å². The Morgan fingerprint density at radius 2 is 2.50 bits per heavy atom. The van der Waals surface area contributed by atoms with E-state index in [1.54, 1.807) is 0 Å². The molecule has 3 N–H and O–H groups in total. The minimum atomic E-state index is -0.0841. The number of nitrogens with zero attached hydrogens (tertiary/aromatic N) is 1. The van der Waals surface area contributed by atoms with Crippen LogP contribution in [0.4, 0.5) is 0 Å². The Labute approximate surface area is 73.2 Å². The van der Waals surface area contributed by atoms with Crippen molar-refractivity contribution < 1.29 is 4.74 Å². The number of nitrogens with two attached hydrogens (primary N) is 1. The molecule has 1 aliphatic rings. The van der Waals surface area contributed by atoms with Crippen LogP contribution in [0.2, 0.25) is 0 Å². The number of hydrogen-bond donors (Lipinski definition) is 2. The molecule has 0 spiro atoms. The predicted octanol–water partition coefficient (Wildman–Crippen LogP) is -0.258. The molecule has 1 rings (SSSR count). The van der Waals surface area contributed by atoms with E-state index in [9.17, 15) is 0 Å². The summed E-state index contributed by atoms with van der Waals surface area (Å²) in [5.74, 6) is 0.784. The zero-order chi connectivity index (χ0) is 9.03. The van der Waals surface area contributed by atoms with E-state index in [1.165, 1.54) is 0 Å². The van der Waals surface area contributed by atoms with Crippen molar-refractivity contribution in [3.8, 4) is 0 Å². The Morgan fingerprint density at radius 1 is 1.75 bits per heavy atom. The fourth-order valence-corrected chi connectivity index (χ4v) is 1.25. The van der Waals surface area contributed by atoms with Crippen molar-refractivity contribution in [1.82, 2.24) is 5.32 Å². The zero-order valence-corrected chi connectivity index (χ0v) is 7.76. The molecule has 1 heterocycles. The molecule has 0 fully saturated rings. The van der Waals surface area contributed by atoms with Crippen LogP contribution in [0.5, 0.6) is 0 Å². The largest absolute Gasteiger partial charge is 0.479 e. The van der Waals surface area contributed by atoms with E-state index in [-0.39, 0.29) is 5.54 Å². The Morgan fingerprint density at radius 3 is 3.00 bits per heavy atom. The fourth-order valence-electron chi connectivity index (χ4n) is 1.25. The first-order valence-electron chi connectivity index (χ1n) is 4.26. The van der Waals surface area contributed by atoms with Crippen molar-refractivity contribution in [1.29, 1.82) is 0 Å². The second-order valence-corrected chi connectivity index (χ2v) is 3.38. The molecule has 1 unspecified atom stereocenters. The van der Waals surface area contributed by atoms with Crippen molar-refractivity contribution in [2.24, 2.45) is 10.7 Å². The van der Waals surface area contributed by atoms with Crippen molar-refractivity contribution in [2.45, 2.75) is 19.4 Å². The first-order chi connectivity index (χ1) is 5.66. The number of hydrogen-bond acceptors (Lipinski definition) is 4. The van der Waals surface area contributed by atoms with E-state index in [4.69, 9.17) is 10.5 Å². The number of rotatable bonds is 4. The Bertz CT molecular complexity index is 181. The molecular formula is C8H17N3O. The summed E-state index contributed by atoms with van der Waals surface area (Å²) in [5, 5.41) is 3.23. The highest BCUT2D eigenvalue weighted by Gasteiger charge is 2.29. The van der Waals surface area contributed by atoms with E-state index in [1.807, 2.05) is 6.92 Å². The third-order valence-corrected chi connectivity index (χ3v) is 1.85. The summed E-state index contributed by atoms with van der Waals surface area (Å²) in [5.41, 5.74) is 5.27. The molecule has 0 saturated carbocycles. The minimum Gasteiger partial charge on any atom is -0.479 e. The van der Waals surface area contributed by atoms with Gasteiger partial charge in [0.25, 0.3) is 0 Å². The SMILES string of the molecule is CC1=NC(C)(CNCCN)CO1. The molecule has 0 aromatic rings. The lowest BCUT2D eigenvalue weighted by Crippen LogP contribution is -2.39. The Hall–Kier alpha value is -0.610. The predicted molar refractivity (Wildman–Crippen MR) is 49.4 cm³/mol. The molecule has 12 heavy (non-hydrogen) atoms. The topological polar surface area (TPSA) is 59.6 Å². The summed E-state index contributed by atoms with van der Waals surface area (Å²) in [6.07, 6.45) is 0. The van der Waals surface area contributed by atoms with Gasteiger partial charge in [0.15, 0.2) is 5.90 Å². The summed E-state index contributed by atoms with van der Waals surface area (Å²) in [6.45, 7) is 6.98. The van der Waals surface area contributed by atoms with E-state index in [0.29, 0.717) is 13.2 Å². The van der Waals surface area contributed by atoms with Gasteiger partial charge >= 0.3 is 0 Å². The van der Waals surface area contributed by atoms with Crippen molar-refractivity contribution in [3.05, 3.63) is 0 Å². The van der Waals surface area contributed by atoms with Gasteiger partial charge in [-0.1, -0.05) is 0 Å². The minimum absolute atomic E-state index is 0.0841. The lowest BCUT2D eigenvalue weighted by atomic mass is 10.1. The van der Waals surface area contributed by atoms with Gasteiger partial charge in [-0.25, -0.2) is 4.99 Å². The second kappa shape index (κ2) is 3.87. The van der Waals surface area contributed by atoms with E-state index >= 15 is 0 Å². The molecule has 0 aliphatic carbocycles. The van der Waals surface area contributed by atoms with Gasteiger partial charge in [-0.15, -0.1) is 0 Å². The van der Waals surface area contributed by atoms with Crippen LogP contribution >= 0.6 is 0 Å². The van der Waals surface area contributed by atoms with Crippen molar-refractivity contribution >= 4 is 5.90 Å². The number of ether oxygens (including phenoxy) is 1. The van der Waals surface area contributed by atoms with Crippen LogP contribution in [0, 0.1) is 0 Å². The highest BCUT2D eigenvalue weighted by molar-refractivity contribution is 5.75. The number of aliphatic imine (C=N–C) groups is 1. The van der Waals surface area contributed by atoms with Gasteiger partial charge in [0.1, 0.15) is 12.1 Å². The average molecular weight is 171 g/mol. The first kappa shape index (κ1) is 9.48. The van der Waals surface area contributed by atoms with Crippen LogP contribution in [-0.4, -0.2) is 37.7 Å². The highest BCUT2D eigenvalue weighted by Crippen LogP contribution is 2.16. The summed E-state index contributed by atoms with van der Waals surface area (Å²) >= 11 is 0. The molecule has 1 atom stereocenters. The molecule has 0 saturated heterocycles. The van der Waals surface area contributed by atoms with Gasteiger partial charge in [0, 0.05) is 26.6 Å². The maximum atomic E-state index is 5.35. The van der Waals surface area contributed by atoms with Crippen LogP contribution < -0.4 is 11.1 Å². The van der Waals surface area contributed by atoms with Gasteiger partial charge < -0.3 is 15.8 Å². The fraction of sp³-hybridized carbons (Fsp3) is 0.875. The monoisotopic (exact) mass is 171 g/mol. The maximum absolute atomic E-state index is 5.35. The third-order valence-electron chi connectivity index (χ3n) is 1.85. The van der Waals surface area contributed by atoms with Crippen LogP contribution in [0.15, 0.2) is 4.99 Å². The highest BCUT2D eigenvalue weighted by atomic mass is 16.5. The molecule has 1 aliphatic heterocycles. The zero-order valence-electron chi connectivity index (χ0n) is 7.76. The van der Waals surface area contributed by atoms with Crippen LogP contribution in [0.1, 0.15) is 13.8 Å². The van der Waals surface area contributed by atoms with E-state index in [2.05, 4.69) is 17.2 Å². The third kappa shape index (κ3) is 2.46. The standard InChI is InChI=1S/C8H17N3O/c1-7-11-8(2,6-12-7)5-10-4-3-9/h10H,3-6,9H2,1-2H3. The van der Waals surface area contributed by atoms with Crippen LogP contribution in [0.25, 0.3) is 0 Å². The second-order valence-electron chi connectivity index (χ2n) is 3.38. The first-order valence-corrected chi connectivity index (χ1v) is 4.26. The van der Waals surface area contributed by atoms with Crippen LogP contribution in [-0.2, 0) is 4.74 Å². The number of nitrogens with one attached hydrogen (secondary N) is 1. The van der Waals surface area contributed by atoms with E-state index < -0.39 is 0 Å². The van der Waals surface area contributed by atoms with Crippen molar-refractivity contribution in [2.75, 3.05) is 26.2 Å². The summed E-state index contributed by atoms with van der Waals surface area (Å²) in [6, 6.07) is 0. The van der Waals surface area contributed by atoms with Crippen molar-refractivity contribution in [3.63, 3.8) is 0 Å². The summed E-state index contributed by atoms with van der Waals surface area (Å²) < 4.78 is 5.28. The quantitative estimate of drug-likeness (QED) is 0.573. The molecule has 0 amide bonds. The molecule has 70 valence electrons.